The summed E-state index contributed by atoms with van der Waals surface area (Å²) >= 11 is 5.96. The average molecular weight is 367 g/mol. The van der Waals surface area contributed by atoms with Crippen molar-refractivity contribution < 1.29 is 4.79 Å². The standard InChI is InChI=1S/C20H19ClN4O/c1-25(17-8-3-2-4-9-17)19-14-23-18(13-24-19)20(26)22-11-10-15-6-5-7-16(21)12-15/h2-9,12-14H,10-11H2,1H3,(H,22,26). The highest BCUT2D eigenvalue weighted by atomic mass is 35.5. The van der Waals surface area contributed by atoms with Crippen LogP contribution in [0.15, 0.2) is 67.0 Å². The van der Waals surface area contributed by atoms with Crippen LogP contribution in [0.2, 0.25) is 5.02 Å². The summed E-state index contributed by atoms with van der Waals surface area (Å²) in [7, 11) is 1.91. The first-order valence-corrected chi connectivity index (χ1v) is 8.65. The molecule has 1 aromatic heterocycles. The molecular weight excluding hydrogens is 348 g/mol. The van der Waals surface area contributed by atoms with Gasteiger partial charge in [0.1, 0.15) is 5.69 Å². The predicted molar refractivity (Wildman–Crippen MR) is 104 cm³/mol. The summed E-state index contributed by atoms with van der Waals surface area (Å²) in [4.78, 5) is 22.7. The maximum Gasteiger partial charge on any atom is 0.271 e. The summed E-state index contributed by atoms with van der Waals surface area (Å²) in [5.41, 5.74) is 2.37. The maximum absolute atomic E-state index is 12.2. The molecule has 26 heavy (non-hydrogen) atoms. The Bertz CT molecular complexity index is 868. The van der Waals surface area contributed by atoms with Gasteiger partial charge in [0.25, 0.3) is 5.91 Å². The molecule has 1 amide bonds. The fourth-order valence-electron chi connectivity index (χ4n) is 2.50. The molecule has 3 rings (SSSR count). The number of nitrogens with one attached hydrogen (secondary N) is 1. The summed E-state index contributed by atoms with van der Waals surface area (Å²) in [6.07, 6.45) is 3.79. The molecule has 0 radical (unpaired) electrons. The van der Waals surface area contributed by atoms with Gasteiger partial charge in [0.05, 0.1) is 12.4 Å². The lowest BCUT2D eigenvalue weighted by Gasteiger charge is -2.17. The number of anilines is 2. The molecule has 0 spiro atoms. The van der Waals surface area contributed by atoms with Crippen LogP contribution in [-0.2, 0) is 6.42 Å². The molecule has 1 heterocycles. The summed E-state index contributed by atoms with van der Waals surface area (Å²) in [6, 6.07) is 17.4. The Labute approximate surface area is 157 Å². The van der Waals surface area contributed by atoms with Crippen molar-refractivity contribution >= 4 is 29.0 Å². The number of amides is 1. The quantitative estimate of drug-likeness (QED) is 0.719. The highest BCUT2D eigenvalue weighted by Crippen LogP contribution is 2.19. The average Bonchev–Trinajstić information content (AvgIpc) is 2.68. The van der Waals surface area contributed by atoms with Gasteiger partial charge in [-0.2, -0.15) is 0 Å². The van der Waals surface area contributed by atoms with E-state index in [1.165, 1.54) is 6.20 Å². The van der Waals surface area contributed by atoms with Crippen LogP contribution in [0.1, 0.15) is 16.1 Å². The van der Waals surface area contributed by atoms with Crippen LogP contribution in [0.25, 0.3) is 0 Å². The molecule has 0 atom stereocenters. The highest BCUT2D eigenvalue weighted by Gasteiger charge is 2.10. The second-order valence-corrected chi connectivity index (χ2v) is 6.23. The Morgan fingerprint density at radius 1 is 1.08 bits per heavy atom. The lowest BCUT2D eigenvalue weighted by atomic mass is 10.1. The van der Waals surface area contributed by atoms with Gasteiger partial charge in [-0.25, -0.2) is 9.97 Å². The minimum Gasteiger partial charge on any atom is -0.350 e. The second-order valence-electron chi connectivity index (χ2n) is 5.79. The van der Waals surface area contributed by atoms with Crippen LogP contribution in [0, 0.1) is 0 Å². The molecule has 5 nitrogen and oxygen atoms in total. The second kappa shape index (κ2) is 8.45. The number of para-hydroxylation sites is 1. The number of rotatable bonds is 6. The first kappa shape index (κ1) is 17.9. The Balaban J connectivity index is 1.57. The molecular formula is C20H19ClN4O. The summed E-state index contributed by atoms with van der Waals surface area (Å²) in [5.74, 6) is 0.431. The number of benzene rings is 2. The molecule has 0 unspecified atom stereocenters. The van der Waals surface area contributed by atoms with Gasteiger partial charge in [0.2, 0.25) is 0 Å². The largest absolute Gasteiger partial charge is 0.350 e. The van der Waals surface area contributed by atoms with Crippen LogP contribution >= 0.6 is 11.6 Å². The first-order valence-electron chi connectivity index (χ1n) is 8.27. The SMILES string of the molecule is CN(c1ccccc1)c1cnc(C(=O)NCCc2cccc(Cl)c2)cn1. The normalized spacial score (nSPS) is 10.4. The lowest BCUT2D eigenvalue weighted by Crippen LogP contribution is -2.27. The Kier molecular flexibility index (Phi) is 5.81. The Morgan fingerprint density at radius 2 is 1.88 bits per heavy atom. The smallest absolute Gasteiger partial charge is 0.271 e. The van der Waals surface area contributed by atoms with Gasteiger partial charge in [-0.1, -0.05) is 41.9 Å². The predicted octanol–water partition coefficient (Wildman–Crippen LogP) is 3.87. The van der Waals surface area contributed by atoms with Crippen molar-refractivity contribution in [2.75, 3.05) is 18.5 Å². The van der Waals surface area contributed by atoms with E-state index in [2.05, 4.69) is 15.3 Å². The fourth-order valence-corrected chi connectivity index (χ4v) is 2.71. The number of hydrogen-bond donors (Lipinski definition) is 1. The van der Waals surface area contributed by atoms with E-state index in [-0.39, 0.29) is 5.91 Å². The molecule has 0 aliphatic carbocycles. The van der Waals surface area contributed by atoms with E-state index in [0.29, 0.717) is 29.5 Å². The van der Waals surface area contributed by atoms with E-state index in [0.717, 1.165) is 11.3 Å². The first-order chi connectivity index (χ1) is 12.6. The fraction of sp³-hybridized carbons (Fsp3) is 0.150. The van der Waals surface area contributed by atoms with E-state index in [1.54, 1.807) is 6.20 Å². The van der Waals surface area contributed by atoms with Crippen molar-refractivity contribution in [1.29, 1.82) is 0 Å². The van der Waals surface area contributed by atoms with Crippen LogP contribution in [0.5, 0.6) is 0 Å². The number of aromatic nitrogens is 2. The third kappa shape index (κ3) is 4.58. The number of halogens is 1. The number of hydrogen-bond acceptors (Lipinski definition) is 4. The van der Waals surface area contributed by atoms with Crippen molar-refractivity contribution in [3.8, 4) is 0 Å². The third-order valence-electron chi connectivity index (χ3n) is 3.95. The topological polar surface area (TPSA) is 58.1 Å². The lowest BCUT2D eigenvalue weighted by molar-refractivity contribution is 0.0949. The van der Waals surface area contributed by atoms with Gasteiger partial charge in [0, 0.05) is 24.3 Å². The minimum atomic E-state index is -0.242. The van der Waals surface area contributed by atoms with E-state index in [9.17, 15) is 4.79 Å². The molecule has 0 aliphatic rings. The molecule has 2 aromatic carbocycles. The van der Waals surface area contributed by atoms with E-state index in [4.69, 9.17) is 11.6 Å². The van der Waals surface area contributed by atoms with E-state index >= 15 is 0 Å². The van der Waals surface area contributed by atoms with Gasteiger partial charge < -0.3 is 10.2 Å². The van der Waals surface area contributed by atoms with Gasteiger partial charge >= 0.3 is 0 Å². The molecule has 0 aliphatic heterocycles. The Hall–Kier alpha value is -2.92. The van der Waals surface area contributed by atoms with Gasteiger partial charge in [0.15, 0.2) is 5.82 Å². The molecule has 0 fully saturated rings. The molecule has 6 heteroatoms. The van der Waals surface area contributed by atoms with E-state index < -0.39 is 0 Å². The monoisotopic (exact) mass is 366 g/mol. The van der Waals surface area contributed by atoms with Crippen LogP contribution in [0.4, 0.5) is 11.5 Å². The number of nitrogens with zero attached hydrogens (tertiary/aromatic N) is 3. The maximum atomic E-state index is 12.2. The van der Waals surface area contributed by atoms with Gasteiger partial charge in [-0.3, -0.25) is 4.79 Å². The van der Waals surface area contributed by atoms with Crippen molar-refractivity contribution in [2.45, 2.75) is 6.42 Å². The molecule has 0 bridgehead atoms. The van der Waals surface area contributed by atoms with Crippen LogP contribution in [-0.4, -0.2) is 29.5 Å². The van der Waals surface area contributed by atoms with Crippen molar-refractivity contribution in [3.05, 3.63) is 83.3 Å². The zero-order chi connectivity index (χ0) is 18.4. The third-order valence-corrected chi connectivity index (χ3v) is 4.18. The number of carbonyl (C=O) groups is 1. The zero-order valence-corrected chi connectivity index (χ0v) is 15.1. The van der Waals surface area contributed by atoms with Gasteiger partial charge in [-0.05, 0) is 36.2 Å². The minimum absolute atomic E-state index is 0.242. The van der Waals surface area contributed by atoms with E-state index in [1.807, 2.05) is 66.5 Å². The van der Waals surface area contributed by atoms with Crippen LogP contribution < -0.4 is 10.2 Å². The highest BCUT2D eigenvalue weighted by molar-refractivity contribution is 6.30. The van der Waals surface area contributed by atoms with Crippen molar-refractivity contribution in [2.24, 2.45) is 0 Å². The summed E-state index contributed by atoms with van der Waals surface area (Å²) < 4.78 is 0. The van der Waals surface area contributed by atoms with Gasteiger partial charge in [-0.15, -0.1) is 0 Å². The van der Waals surface area contributed by atoms with Crippen LogP contribution in [0.3, 0.4) is 0 Å². The molecule has 1 N–H and O–H groups in total. The van der Waals surface area contributed by atoms with Crippen molar-refractivity contribution in [1.82, 2.24) is 15.3 Å². The molecule has 0 saturated carbocycles. The van der Waals surface area contributed by atoms with Crippen molar-refractivity contribution in [3.63, 3.8) is 0 Å². The number of carbonyl (C=O) groups excluding carboxylic acids is 1. The molecule has 132 valence electrons. The molecule has 0 saturated heterocycles. The Morgan fingerprint density at radius 3 is 2.58 bits per heavy atom. The summed E-state index contributed by atoms with van der Waals surface area (Å²) in [6.45, 7) is 0.506. The zero-order valence-electron chi connectivity index (χ0n) is 14.4. The summed E-state index contributed by atoms with van der Waals surface area (Å²) in [5, 5.41) is 3.54. The molecule has 3 aromatic rings.